The number of sulfone groups is 1. The molecular weight excluding hydrogens is 278 g/mol. The summed E-state index contributed by atoms with van der Waals surface area (Å²) in [5.41, 5.74) is 0. The molecule has 0 radical (unpaired) electrons. The molecule has 0 bridgehead atoms. The number of hydrogen-bond donors (Lipinski definition) is 1. The Morgan fingerprint density at radius 1 is 1.40 bits per heavy atom. The van der Waals surface area contributed by atoms with Gasteiger partial charge in [0, 0.05) is 0 Å². The lowest BCUT2D eigenvalue weighted by atomic mass is 10.1. The number of unbranched alkanes of at least 4 members (excludes halogenated alkanes) is 2. The number of furan rings is 1. The maximum Gasteiger partial charge on any atom is 0.154 e. The van der Waals surface area contributed by atoms with Crippen molar-refractivity contribution < 1.29 is 17.9 Å². The van der Waals surface area contributed by atoms with Crippen molar-refractivity contribution in [1.82, 2.24) is 4.90 Å². The molecule has 0 aromatic carbocycles. The zero-order valence-corrected chi connectivity index (χ0v) is 12.7. The first-order chi connectivity index (χ1) is 9.52. The molecule has 1 aromatic heterocycles. The van der Waals surface area contributed by atoms with Gasteiger partial charge >= 0.3 is 0 Å². The number of nitrogens with zero attached hydrogens (tertiary/aromatic N) is 1. The van der Waals surface area contributed by atoms with Gasteiger partial charge in [-0.2, -0.15) is 0 Å². The number of aliphatic hydroxyl groups excluding tert-OH is 1. The van der Waals surface area contributed by atoms with E-state index in [2.05, 4.69) is 6.92 Å². The topological polar surface area (TPSA) is 70.8 Å². The summed E-state index contributed by atoms with van der Waals surface area (Å²) < 4.78 is 28.7. The molecule has 5 nitrogen and oxygen atoms in total. The van der Waals surface area contributed by atoms with Crippen molar-refractivity contribution in [2.45, 2.75) is 44.9 Å². The highest BCUT2D eigenvalue weighted by Crippen LogP contribution is 2.21. The van der Waals surface area contributed by atoms with Gasteiger partial charge in [-0.1, -0.05) is 19.8 Å². The van der Waals surface area contributed by atoms with Gasteiger partial charge in [-0.3, -0.25) is 4.90 Å². The van der Waals surface area contributed by atoms with Gasteiger partial charge in [-0.15, -0.1) is 0 Å². The van der Waals surface area contributed by atoms with Crippen LogP contribution in [0.3, 0.4) is 0 Å². The number of rotatable bonds is 7. The lowest BCUT2D eigenvalue weighted by molar-refractivity contribution is 0.0725. The van der Waals surface area contributed by atoms with Crippen LogP contribution in [0.25, 0.3) is 0 Å². The van der Waals surface area contributed by atoms with Gasteiger partial charge in [0.25, 0.3) is 0 Å². The Kier molecular flexibility index (Phi) is 5.23. The third-order valence-corrected chi connectivity index (χ3v) is 5.45. The highest BCUT2D eigenvalue weighted by Gasteiger charge is 2.39. The van der Waals surface area contributed by atoms with Crippen LogP contribution in [0.1, 0.15) is 31.9 Å². The van der Waals surface area contributed by atoms with Crippen molar-refractivity contribution in [3.05, 3.63) is 24.2 Å². The van der Waals surface area contributed by atoms with E-state index >= 15 is 0 Å². The van der Waals surface area contributed by atoms with E-state index < -0.39 is 15.9 Å². The monoisotopic (exact) mass is 301 g/mol. The summed E-state index contributed by atoms with van der Waals surface area (Å²) in [6, 6.07) is 3.38. The summed E-state index contributed by atoms with van der Waals surface area (Å²) in [5.74, 6) is 0.721. The molecule has 1 saturated heterocycles. The molecule has 1 fully saturated rings. The predicted octanol–water partition coefficient (Wildman–Crippen LogP) is 1.43. The molecule has 114 valence electrons. The van der Waals surface area contributed by atoms with Gasteiger partial charge in [0.1, 0.15) is 5.76 Å². The molecule has 1 aliphatic rings. The fraction of sp³-hybridized carbons (Fsp3) is 0.714. The van der Waals surface area contributed by atoms with E-state index in [0.29, 0.717) is 6.54 Å². The molecule has 0 spiro atoms. The summed E-state index contributed by atoms with van der Waals surface area (Å²) >= 11 is 0. The fourth-order valence-corrected chi connectivity index (χ4v) is 4.52. The quantitative estimate of drug-likeness (QED) is 0.771. The van der Waals surface area contributed by atoms with Crippen LogP contribution in [-0.2, 0) is 16.4 Å². The fourth-order valence-electron chi connectivity index (χ4n) is 2.69. The molecular formula is C14H23NO4S. The lowest BCUT2D eigenvalue weighted by Gasteiger charge is -2.29. The number of aliphatic hydroxyl groups is 1. The van der Waals surface area contributed by atoms with E-state index in [0.717, 1.165) is 31.6 Å². The predicted molar refractivity (Wildman–Crippen MR) is 77.1 cm³/mol. The van der Waals surface area contributed by atoms with Gasteiger partial charge in [-0.25, -0.2) is 8.42 Å². The molecule has 2 rings (SSSR count). The second-order valence-electron chi connectivity index (χ2n) is 5.47. The molecule has 2 heterocycles. The third kappa shape index (κ3) is 4.07. The normalized spacial score (nSPS) is 25.4. The molecule has 2 unspecified atom stereocenters. The second kappa shape index (κ2) is 6.74. The van der Waals surface area contributed by atoms with Crippen molar-refractivity contribution in [1.29, 1.82) is 0 Å². The average molecular weight is 301 g/mol. The minimum Gasteiger partial charge on any atom is -0.468 e. The van der Waals surface area contributed by atoms with Gasteiger partial charge in [0.2, 0.25) is 0 Å². The molecule has 6 heteroatoms. The van der Waals surface area contributed by atoms with E-state index in [1.165, 1.54) is 0 Å². The van der Waals surface area contributed by atoms with Crippen LogP contribution in [0.15, 0.2) is 22.8 Å². The molecule has 20 heavy (non-hydrogen) atoms. The largest absolute Gasteiger partial charge is 0.468 e. The average Bonchev–Trinajstić information content (AvgIpc) is 2.96. The van der Waals surface area contributed by atoms with Crippen LogP contribution in [-0.4, -0.2) is 48.6 Å². The van der Waals surface area contributed by atoms with E-state index in [4.69, 9.17) is 4.42 Å². The molecule has 1 aromatic rings. The van der Waals surface area contributed by atoms with Crippen LogP contribution >= 0.6 is 0 Å². The summed E-state index contributed by atoms with van der Waals surface area (Å²) in [6.07, 6.45) is 4.03. The standard InChI is InChI=1S/C14H23NO4S/c1-2-3-4-7-15(9-12-6-5-8-19-12)13-10-20(17,18)11-14(13)16/h5-6,8,13-14,16H,2-4,7,9-11H2,1H3. The Balaban J connectivity index is 2.05. The zero-order chi connectivity index (χ0) is 14.6. The number of hydrogen-bond acceptors (Lipinski definition) is 5. The van der Waals surface area contributed by atoms with Crippen molar-refractivity contribution in [3.8, 4) is 0 Å². The van der Waals surface area contributed by atoms with E-state index in [1.54, 1.807) is 6.26 Å². The van der Waals surface area contributed by atoms with Gasteiger partial charge in [0.05, 0.1) is 36.5 Å². The molecule has 0 aliphatic carbocycles. The minimum absolute atomic E-state index is 0.0427. The highest BCUT2D eigenvalue weighted by molar-refractivity contribution is 7.91. The highest BCUT2D eigenvalue weighted by atomic mass is 32.2. The first-order valence-corrected chi connectivity index (χ1v) is 8.99. The third-order valence-electron chi connectivity index (χ3n) is 3.75. The summed E-state index contributed by atoms with van der Waals surface area (Å²) in [7, 11) is -3.12. The SMILES string of the molecule is CCCCCN(Cc1ccco1)C1CS(=O)(=O)CC1O. The van der Waals surface area contributed by atoms with E-state index in [1.807, 2.05) is 17.0 Å². The smallest absolute Gasteiger partial charge is 0.154 e. The second-order valence-corrected chi connectivity index (χ2v) is 7.62. The molecule has 0 saturated carbocycles. The first kappa shape index (κ1) is 15.5. The minimum atomic E-state index is -3.12. The van der Waals surface area contributed by atoms with Gasteiger partial charge in [-0.05, 0) is 25.1 Å². The molecule has 0 amide bonds. The van der Waals surface area contributed by atoms with Crippen molar-refractivity contribution in [2.75, 3.05) is 18.1 Å². The van der Waals surface area contributed by atoms with Crippen LogP contribution < -0.4 is 0 Å². The Bertz CT molecular complexity index is 497. The van der Waals surface area contributed by atoms with Gasteiger partial charge < -0.3 is 9.52 Å². The van der Waals surface area contributed by atoms with Crippen LogP contribution in [0, 0.1) is 0 Å². The molecule has 1 aliphatic heterocycles. The van der Waals surface area contributed by atoms with Gasteiger partial charge in [0.15, 0.2) is 9.84 Å². The first-order valence-electron chi connectivity index (χ1n) is 7.17. The summed E-state index contributed by atoms with van der Waals surface area (Å²) in [4.78, 5) is 2.05. The van der Waals surface area contributed by atoms with E-state index in [-0.39, 0.29) is 17.5 Å². The molecule has 2 atom stereocenters. The van der Waals surface area contributed by atoms with Crippen LogP contribution in [0.4, 0.5) is 0 Å². The maximum atomic E-state index is 11.7. The summed E-state index contributed by atoms with van der Waals surface area (Å²) in [5, 5.41) is 10.0. The van der Waals surface area contributed by atoms with Crippen molar-refractivity contribution >= 4 is 9.84 Å². The summed E-state index contributed by atoms with van der Waals surface area (Å²) in [6.45, 7) is 3.46. The van der Waals surface area contributed by atoms with Crippen molar-refractivity contribution in [3.63, 3.8) is 0 Å². The molecule has 1 N–H and O–H groups in total. The van der Waals surface area contributed by atoms with E-state index in [9.17, 15) is 13.5 Å². The lowest BCUT2D eigenvalue weighted by Crippen LogP contribution is -2.43. The Morgan fingerprint density at radius 2 is 2.20 bits per heavy atom. The zero-order valence-electron chi connectivity index (χ0n) is 11.9. The Hall–Kier alpha value is -0.850. The Labute approximate surface area is 120 Å². The van der Waals surface area contributed by atoms with Crippen LogP contribution in [0.5, 0.6) is 0 Å². The van der Waals surface area contributed by atoms with Crippen molar-refractivity contribution in [2.24, 2.45) is 0 Å². The maximum absolute atomic E-state index is 11.7. The Morgan fingerprint density at radius 3 is 2.75 bits per heavy atom. The van der Waals surface area contributed by atoms with Crippen LogP contribution in [0.2, 0.25) is 0 Å².